The number of allylic oxidation sites excluding steroid dienone is 1. The van der Waals surface area contributed by atoms with Crippen molar-refractivity contribution in [3.63, 3.8) is 0 Å². The van der Waals surface area contributed by atoms with E-state index in [2.05, 4.69) is 67.1 Å². The van der Waals surface area contributed by atoms with Crippen LogP contribution in [0.15, 0.2) is 41.3 Å². The van der Waals surface area contributed by atoms with Gasteiger partial charge >= 0.3 is 0 Å². The summed E-state index contributed by atoms with van der Waals surface area (Å²) in [5.74, 6) is 0. The SMILES string of the molecule is CC[n+]1c(C=C(C)SC)sc2ccc3ccccc3c21. The number of rotatable bonds is 3. The predicted molar refractivity (Wildman–Crippen MR) is 92.4 cm³/mol. The minimum absolute atomic E-state index is 1.00. The Balaban J connectivity index is 2.37. The minimum Gasteiger partial charge on any atom is -0.182 e. The second kappa shape index (κ2) is 5.58. The van der Waals surface area contributed by atoms with Crippen molar-refractivity contribution in [2.24, 2.45) is 0 Å². The van der Waals surface area contributed by atoms with Gasteiger partial charge in [0, 0.05) is 6.08 Å². The van der Waals surface area contributed by atoms with Crippen LogP contribution in [0.4, 0.5) is 0 Å². The lowest BCUT2D eigenvalue weighted by Gasteiger charge is -1.98. The molecule has 0 saturated heterocycles. The number of thioether (sulfide) groups is 1. The van der Waals surface area contributed by atoms with Crippen molar-refractivity contribution in [3.05, 3.63) is 46.3 Å². The van der Waals surface area contributed by atoms with Gasteiger partial charge in [-0.1, -0.05) is 35.6 Å². The van der Waals surface area contributed by atoms with Crippen LogP contribution < -0.4 is 4.57 Å². The standard InChI is InChI=1S/C17H18NS2/c1-4-18-16(11-12(2)19-3)20-15-10-9-13-7-5-6-8-14(13)17(15)18/h5-11H,4H2,1-3H3/q+1. The van der Waals surface area contributed by atoms with E-state index in [4.69, 9.17) is 0 Å². The molecule has 3 rings (SSSR count). The molecule has 0 spiro atoms. The molecule has 1 heterocycles. The Labute approximate surface area is 127 Å². The van der Waals surface area contributed by atoms with E-state index in [-0.39, 0.29) is 0 Å². The fraction of sp³-hybridized carbons (Fsp3) is 0.235. The summed E-state index contributed by atoms with van der Waals surface area (Å²) < 4.78 is 3.80. The molecular weight excluding hydrogens is 282 g/mol. The molecule has 0 unspecified atom stereocenters. The average molecular weight is 300 g/mol. The quantitative estimate of drug-likeness (QED) is 0.610. The van der Waals surface area contributed by atoms with Crippen LogP contribution in [0, 0.1) is 0 Å². The van der Waals surface area contributed by atoms with Gasteiger partial charge in [-0.3, -0.25) is 0 Å². The molecule has 3 heteroatoms. The van der Waals surface area contributed by atoms with Crippen molar-refractivity contribution in [3.8, 4) is 0 Å². The van der Waals surface area contributed by atoms with Crippen LogP contribution in [0.5, 0.6) is 0 Å². The first kappa shape index (κ1) is 13.7. The summed E-state index contributed by atoms with van der Waals surface area (Å²) >= 11 is 3.69. The fourth-order valence-corrected chi connectivity index (χ4v) is 4.08. The molecule has 3 aromatic rings. The van der Waals surface area contributed by atoms with E-state index in [1.807, 2.05) is 11.3 Å². The van der Waals surface area contributed by atoms with Gasteiger partial charge in [0.1, 0.15) is 11.2 Å². The maximum absolute atomic E-state index is 2.43. The summed E-state index contributed by atoms with van der Waals surface area (Å²) in [6.07, 6.45) is 4.43. The van der Waals surface area contributed by atoms with E-state index in [0.717, 1.165) is 6.54 Å². The molecular formula is C17H18NS2+. The number of benzene rings is 2. The summed E-state index contributed by atoms with van der Waals surface area (Å²) in [6.45, 7) is 5.40. The van der Waals surface area contributed by atoms with Crippen LogP contribution in [0.2, 0.25) is 0 Å². The lowest BCUT2D eigenvalue weighted by molar-refractivity contribution is -0.664. The molecule has 20 heavy (non-hydrogen) atoms. The molecule has 0 fully saturated rings. The molecule has 0 N–H and O–H groups in total. The van der Waals surface area contributed by atoms with Crippen LogP contribution in [0.1, 0.15) is 18.9 Å². The second-order valence-electron chi connectivity index (χ2n) is 4.78. The minimum atomic E-state index is 1.00. The summed E-state index contributed by atoms with van der Waals surface area (Å²) in [5, 5.41) is 4.01. The molecule has 0 amide bonds. The van der Waals surface area contributed by atoms with E-state index in [1.54, 1.807) is 11.8 Å². The highest BCUT2D eigenvalue weighted by Crippen LogP contribution is 2.29. The van der Waals surface area contributed by atoms with Crippen molar-refractivity contribution in [1.29, 1.82) is 0 Å². The molecule has 0 atom stereocenters. The molecule has 2 aromatic carbocycles. The van der Waals surface area contributed by atoms with E-state index >= 15 is 0 Å². The van der Waals surface area contributed by atoms with Crippen LogP contribution in [-0.4, -0.2) is 6.26 Å². The molecule has 102 valence electrons. The van der Waals surface area contributed by atoms with Gasteiger partial charge in [-0.05, 0) is 42.5 Å². The van der Waals surface area contributed by atoms with Gasteiger partial charge in [0.15, 0.2) is 0 Å². The number of aryl methyl sites for hydroxylation is 1. The van der Waals surface area contributed by atoms with Crippen molar-refractivity contribution in [2.75, 3.05) is 6.26 Å². The van der Waals surface area contributed by atoms with Gasteiger partial charge in [-0.2, -0.15) is 4.57 Å². The average Bonchev–Trinajstić information content (AvgIpc) is 2.84. The molecule has 0 saturated carbocycles. The molecule has 0 aliphatic carbocycles. The van der Waals surface area contributed by atoms with Gasteiger partial charge in [0.05, 0.1) is 5.39 Å². The first-order chi connectivity index (χ1) is 9.74. The molecule has 0 bridgehead atoms. The summed E-state index contributed by atoms with van der Waals surface area (Å²) in [4.78, 5) is 1.35. The normalized spacial score (nSPS) is 12.4. The second-order valence-corrected chi connectivity index (χ2v) is 6.89. The largest absolute Gasteiger partial charge is 0.263 e. The number of hydrogen-bond donors (Lipinski definition) is 0. The third-order valence-electron chi connectivity index (χ3n) is 3.58. The summed E-state index contributed by atoms with van der Waals surface area (Å²) in [6, 6.07) is 13.1. The maximum atomic E-state index is 2.43. The lowest BCUT2D eigenvalue weighted by atomic mass is 10.1. The Morgan fingerprint density at radius 1 is 1.25 bits per heavy atom. The van der Waals surface area contributed by atoms with Crippen molar-refractivity contribution >= 4 is 50.2 Å². The Kier molecular flexibility index (Phi) is 3.81. The summed E-state index contributed by atoms with van der Waals surface area (Å²) in [7, 11) is 0. The highest BCUT2D eigenvalue weighted by atomic mass is 32.2. The third-order valence-corrected chi connectivity index (χ3v) is 5.44. The first-order valence-electron chi connectivity index (χ1n) is 6.81. The highest BCUT2D eigenvalue weighted by Gasteiger charge is 2.19. The first-order valence-corrected chi connectivity index (χ1v) is 8.85. The van der Waals surface area contributed by atoms with E-state index < -0.39 is 0 Å². The Morgan fingerprint density at radius 2 is 2.05 bits per heavy atom. The number of thiazole rings is 1. The van der Waals surface area contributed by atoms with Crippen LogP contribution in [-0.2, 0) is 6.54 Å². The molecule has 0 aliphatic heterocycles. The van der Waals surface area contributed by atoms with Crippen LogP contribution in [0.3, 0.4) is 0 Å². The maximum Gasteiger partial charge on any atom is 0.263 e. The predicted octanol–water partition coefficient (Wildman–Crippen LogP) is 5.09. The van der Waals surface area contributed by atoms with E-state index in [9.17, 15) is 0 Å². The number of aromatic nitrogens is 1. The van der Waals surface area contributed by atoms with Gasteiger partial charge in [0.25, 0.3) is 5.01 Å². The zero-order chi connectivity index (χ0) is 14.1. The zero-order valence-corrected chi connectivity index (χ0v) is 13.6. The molecule has 1 nitrogen and oxygen atoms in total. The van der Waals surface area contributed by atoms with Crippen molar-refractivity contribution < 1.29 is 4.57 Å². The zero-order valence-electron chi connectivity index (χ0n) is 12.0. The van der Waals surface area contributed by atoms with Gasteiger partial charge in [0.2, 0.25) is 5.52 Å². The van der Waals surface area contributed by atoms with Crippen LogP contribution in [0.25, 0.3) is 27.1 Å². The molecule has 0 radical (unpaired) electrons. The fourth-order valence-electron chi connectivity index (χ4n) is 2.53. The van der Waals surface area contributed by atoms with Gasteiger partial charge in [-0.25, -0.2) is 0 Å². The summed E-state index contributed by atoms with van der Waals surface area (Å²) in [5.41, 5.74) is 1.37. The van der Waals surface area contributed by atoms with Crippen molar-refractivity contribution in [2.45, 2.75) is 20.4 Å². The van der Waals surface area contributed by atoms with Crippen LogP contribution >= 0.6 is 23.1 Å². The lowest BCUT2D eigenvalue weighted by Crippen LogP contribution is -2.33. The Morgan fingerprint density at radius 3 is 2.80 bits per heavy atom. The van der Waals surface area contributed by atoms with Gasteiger partial charge < -0.3 is 0 Å². The topological polar surface area (TPSA) is 3.88 Å². The third kappa shape index (κ3) is 2.25. The van der Waals surface area contributed by atoms with Gasteiger partial charge in [-0.15, -0.1) is 11.8 Å². The highest BCUT2D eigenvalue weighted by molar-refractivity contribution is 8.02. The van der Waals surface area contributed by atoms with Crippen molar-refractivity contribution in [1.82, 2.24) is 0 Å². The number of fused-ring (bicyclic) bond motifs is 3. The molecule has 0 aliphatic rings. The molecule has 1 aromatic heterocycles. The monoisotopic (exact) mass is 300 g/mol. The van der Waals surface area contributed by atoms with E-state index in [1.165, 1.54) is 30.9 Å². The Hall–Kier alpha value is -1.32. The Bertz CT molecular complexity index is 799. The number of hydrogen-bond acceptors (Lipinski definition) is 2. The smallest absolute Gasteiger partial charge is 0.182 e. The number of nitrogens with zero attached hydrogens (tertiary/aromatic N) is 1. The van der Waals surface area contributed by atoms with E-state index in [0.29, 0.717) is 0 Å².